The van der Waals surface area contributed by atoms with Gasteiger partial charge < -0.3 is 5.11 Å². The van der Waals surface area contributed by atoms with Gasteiger partial charge in [0.15, 0.2) is 9.84 Å². The molecule has 0 aliphatic heterocycles. The molecule has 1 fully saturated rings. The second-order valence-electron chi connectivity index (χ2n) is 5.75. The zero-order valence-electron chi connectivity index (χ0n) is 12.1. The Labute approximate surface area is 135 Å². The van der Waals surface area contributed by atoms with Crippen LogP contribution in [0.15, 0.2) is 53.4 Å². The van der Waals surface area contributed by atoms with Gasteiger partial charge in [-0.3, -0.25) is 0 Å². The van der Waals surface area contributed by atoms with E-state index in [4.69, 9.17) is 11.6 Å². The second-order valence-corrected chi connectivity index (χ2v) is 8.29. The third-order valence-electron chi connectivity index (χ3n) is 4.27. The summed E-state index contributed by atoms with van der Waals surface area (Å²) in [7, 11) is -3.47. The molecule has 3 nitrogen and oxygen atoms in total. The standard InChI is InChI=1S/C17H17ClO3S/c1-11-2-4-12(5-3-11)16-15(10-19)17(16)22(20,21)14-8-6-13(18)7-9-14/h2-9,15-17,19H,10H2,1H3/t15-,16-,17-/m1/s1. The van der Waals surface area contributed by atoms with Gasteiger partial charge in [0.2, 0.25) is 0 Å². The van der Waals surface area contributed by atoms with Gasteiger partial charge in [0, 0.05) is 23.5 Å². The first-order valence-corrected chi connectivity index (χ1v) is 9.04. The lowest BCUT2D eigenvalue weighted by Crippen LogP contribution is -2.11. The number of halogens is 1. The van der Waals surface area contributed by atoms with Crippen LogP contribution in [0.1, 0.15) is 17.0 Å². The molecule has 1 saturated carbocycles. The van der Waals surface area contributed by atoms with Crippen LogP contribution >= 0.6 is 11.6 Å². The van der Waals surface area contributed by atoms with Crippen LogP contribution in [-0.4, -0.2) is 25.4 Å². The summed E-state index contributed by atoms with van der Waals surface area (Å²) >= 11 is 5.82. The number of sulfone groups is 1. The molecule has 22 heavy (non-hydrogen) atoms. The molecule has 0 aromatic heterocycles. The highest BCUT2D eigenvalue weighted by molar-refractivity contribution is 7.92. The Hall–Kier alpha value is -1.36. The quantitative estimate of drug-likeness (QED) is 0.932. The molecule has 0 unspecified atom stereocenters. The van der Waals surface area contributed by atoms with Crippen molar-refractivity contribution >= 4 is 21.4 Å². The molecule has 2 aromatic carbocycles. The van der Waals surface area contributed by atoms with Crippen molar-refractivity contribution in [3.63, 3.8) is 0 Å². The molecule has 3 rings (SSSR count). The second kappa shape index (κ2) is 5.69. The largest absolute Gasteiger partial charge is 0.396 e. The lowest BCUT2D eigenvalue weighted by atomic mass is 10.1. The summed E-state index contributed by atoms with van der Waals surface area (Å²) in [6, 6.07) is 14.0. The molecule has 1 aliphatic rings. The first-order valence-electron chi connectivity index (χ1n) is 7.12. The van der Waals surface area contributed by atoms with Crippen LogP contribution in [-0.2, 0) is 9.84 Å². The fraction of sp³-hybridized carbons (Fsp3) is 0.294. The molecule has 0 heterocycles. The zero-order valence-corrected chi connectivity index (χ0v) is 13.7. The van der Waals surface area contributed by atoms with Crippen molar-refractivity contribution in [2.24, 2.45) is 5.92 Å². The predicted molar refractivity (Wildman–Crippen MR) is 86.9 cm³/mol. The number of aryl methyl sites for hydroxylation is 1. The Morgan fingerprint density at radius 3 is 2.18 bits per heavy atom. The van der Waals surface area contributed by atoms with Gasteiger partial charge in [-0.2, -0.15) is 0 Å². The third kappa shape index (κ3) is 2.67. The van der Waals surface area contributed by atoms with Gasteiger partial charge >= 0.3 is 0 Å². The molecule has 1 N–H and O–H groups in total. The molecular formula is C17H17ClO3S. The van der Waals surface area contributed by atoms with Crippen LogP contribution in [0.4, 0.5) is 0 Å². The predicted octanol–water partition coefficient (Wildman–Crippen LogP) is 3.20. The summed E-state index contributed by atoms with van der Waals surface area (Å²) < 4.78 is 25.5. The first kappa shape index (κ1) is 15.5. The molecule has 2 aromatic rings. The summed E-state index contributed by atoms with van der Waals surface area (Å²) in [5, 5.41) is 9.47. The summed E-state index contributed by atoms with van der Waals surface area (Å²) in [4.78, 5) is 0.259. The Kier molecular flexibility index (Phi) is 4.02. The molecular weight excluding hydrogens is 320 g/mol. The molecule has 0 bridgehead atoms. The van der Waals surface area contributed by atoms with E-state index >= 15 is 0 Å². The average Bonchev–Trinajstić information content (AvgIpc) is 3.24. The number of hydrogen-bond acceptors (Lipinski definition) is 3. The highest BCUT2D eigenvalue weighted by atomic mass is 35.5. The number of aliphatic hydroxyl groups excluding tert-OH is 1. The van der Waals surface area contributed by atoms with E-state index in [-0.39, 0.29) is 23.3 Å². The van der Waals surface area contributed by atoms with Crippen LogP contribution in [0.25, 0.3) is 0 Å². The number of hydrogen-bond donors (Lipinski definition) is 1. The zero-order chi connectivity index (χ0) is 15.9. The lowest BCUT2D eigenvalue weighted by molar-refractivity contribution is 0.274. The van der Waals surface area contributed by atoms with E-state index in [2.05, 4.69) is 0 Å². The minimum absolute atomic E-state index is 0.129. The SMILES string of the molecule is Cc1ccc([C@@H]2[C@@H](CO)[C@H]2S(=O)(=O)c2ccc(Cl)cc2)cc1. The average molecular weight is 337 g/mol. The van der Waals surface area contributed by atoms with Crippen LogP contribution in [0, 0.1) is 12.8 Å². The van der Waals surface area contributed by atoms with Crippen molar-refractivity contribution < 1.29 is 13.5 Å². The Morgan fingerprint density at radius 1 is 1.05 bits per heavy atom. The number of benzene rings is 2. The maximum absolute atomic E-state index is 12.8. The van der Waals surface area contributed by atoms with Crippen LogP contribution < -0.4 is 0 Å². The van der Waals surface area contributed by atoms with Crippen molar-refractivity contribution in [1.82, 2.24) is 0 Å². The first-order chi connectivity index (χ1) is 10.4. The van der Waals surface area contributed by atoms with Crippen molar-refractivity contribution in [2.75, 3.05) is 6.61 Å². The van der Waals surface area contributed by atoms with Gasteiger partial charge in [0.1, 0.15) is 0 Å². The maximum atomic E-state index is 12.8. The van der Waals surface area contributed by atoms with E-state index < -0.39 is 15.1 Å². The van der Waals surface area contributed by atoms with E-state index in [1.165, 1.54) is 12.1 Å². The molecule has 0 radical (unpaired) electrons. The minimum atomic E-state index is -3.47. The van der Waals surface area contributed by atoms with Gasteiger partial charge in [-0.15, -0.1) is 0 Å². The van der Waals surface area contributed by atoms with Crippen molar-refractivity contribution in [3.05, 3.63) is 64.7 Å². The molecule has 0 spiro atoms. The molecule has 0 amide bonds. The third-order valence-corrected chi connectivity index (χ3v) is 6.81. The smallest absolute Gasteiger partial charge is 0.182 e. The minimum Gasteiger partial charge on any atom is -0.396 e. The van der Waals surface area contributed by atoms with Crippen LogP contribution in [0.3, 0.4) is 0 Å². The molecule has 5 heteroatoms. The van der Waals surface area contributed by atoms with E-state index in [1.54, 1.807) is 12.1 Å². The summed E-state index contributed by atoms with van der Waals surface area (Å²) in [5.41, 5.74) is 2.09. The normalized spacial score (nSPS) is 24.2. The highest BCUT2D eigenvalue weighted by Gasteiger charge is 2.58. The van der Waals surface area contributed by atoms with E-state index in [0.717, 1.165) is 11.1 Å². The fourth-order valence-corrected chi connectivity index (χ4v) is 5.32. The molecule has 0 saturated heterocycles. The molecule has 116 valence electrons. The highest BCUT2D eigenvalue weighted by Crippen LogP contribution is 2.53. The number of aliphatic hydroxyl groups is 1. The van der Waals surface area contributed by atoms with Crippen molar-refractivity contribution in [2.45, 2.75) is 23.0 Å². The Morgan fingerprint density at radius 2 is 1.64 bits per heavy atom. The summed E-state index contributed by atoms with van der Waals surface area (Å²) in [6.07, 6.45) is 0. The maximum Gasteiger partial charge on any atom is 0.182 e. The van der Waals surface area contributed by atoms with E-state index in [1.807, 2.05) is 31.2 Å². The lowest BCUT2D eigenvalue weighted by Gasteiger charge is -2.05. The summed E-state index contributed by atoms with van der Waals surface area (Å²) in [6.45, 7) is 1.86. The van der Waals surface area contributed by atoms with Crippen LogP contribution in [0.5, 0.6) is 0 Å². The van der Waals surface area contributed by atoms with Crippen molar-refractivity contribution in [3.8, 4) is 0 Å². The fourth-order valence-electron chi connectivity index (χ4n) is 2.99. The topological polar surface area (TPSA) is 54.4 Å². The van der Waals surface area contributed by atoms with E-state index in [9.17, 15) is 13.5 Å². The van der Waals surface area contributed by atoms with Gasteiger partial charge in [0.05, 0.1) is 10.1 Å². The van der Waals surface area contributed by atoms with E-state index in [0.29, 0.717) is 5.02 Å². The Bertz CT molecular complexity index is 767. The number of rotatable bonds is 4. The molecule has 1 aliphatic carbocycles. The monoisotopic (exact) mass is 336 g/mol. The molecule has 3 atom stereocenters. The van der Waals surface area contributed by atoms with Crippen LogP contribution in [0.2, 0.25) is 5.02 Å². The van der Waals surface area contributed by atoms with Gasteiger partial charge in [-0.1, -0.05) is 41.4 Å². The van der Waals surface area contributed by atoms with Crippen molar-refractivity contribution in [1.29, 1.82) is 0 Å². The van der Waals surface area contributed by atoms with Gasteiger partial charge in [-0.05, 0) is 36.8 Å². The van der Waals surface area contributed by atoms with Gasteiger partial charge in [0.25, 0.3) is 0 Å². The summed E-state index contributed by atoms with van der Waals surface area (Å²) in [5.74, 6) is -0.394. The van der Waals surface area contributed by atoms with Gasteiger partial charge in [-0.25, -0.2) is 8.42 Å². The Balaban J connectivity index is 1.93.